The van der Waals surface area contributed by atoms with Gasteiger partial charge in [0, 0.05) is 12.7 Å². The third-order valence-corrected chi connectivity index (χ3v) is 2.94. The van der Waals surface area contributed by atoms with Crippen molar-refractivity contribution < 1.29 is 29.6 Å². The fourth-order valence-electron chi connectivity index (χ4n) is 1.50. The van der Waals surface area contributed by atoms with Gasteiger partial charge in [-0.05, 0) is 18.9 Å². The van der Waals surface area contributed by atoms with Crippen LogP contribution in [-0.4, -0.2) is 60.4 Å². The van der Waals surface area contributed by atoms with Gasteiger partial charge in [-0.1, -0.05) is 0 Å². The Balaban J connectivity index is 2.35. The number of aliphatic hydroxyl groups is 3. The number of rotatable bonds is 7. The normalized spacial score (nSPS) is 20.5. The molecule has 1 heterocycles. The molecule has 1 unspecified atom stereocenters. The van der Waals surface area contributed by atoms with Crippen molar-refractivity contribution in [2.24, 2.45) is 5.41 Å². The molecule has 0 aromatic heterocycles. The van der Waals surface area contributed by atoms with E-state index in [0.29, 0.717) is 6.61 Å². The van der Waals surface area contributed by atoms with Crippen LogP contribution in [-0.2, 0) is 14.3 Å². The minimum atomic E-state index is -1.19. The summed E-state index contributed by atoms with van der Waals surface area (Å²) in [6, 6.07) is 0. The predicted molar refractivity (Wildman–Crippen MR) is 62.8 cm³/mol. The van der Waals surface area contributed by atoms with E-state index in [-0.39, 0.29) is 12.7 Å². The summed E-state index contributed by atoms with van der Waals surface area (Å²) in [6.45, 7) is -0.897. The Morgan fingerprint density at radius 3 is 2.50 bits per heavy atom. The van der Waals surface area contributed by atoms with Gasteiger partial charge in [0.2, 0.25) is 0 Å². The largest absolute Gasteiger partial charge is 0.462 e. The molecule has 0 spiro atoms. The molecule has 1 saturated heterocycles. The number of carbonyl (C=O) groups excluding carboxylic acids is 1. The lowest BCUT2D eigenvalue weighted by molar-refractivity contribution is -0.145. The molecule has 0 aliphatic carbocycles. The molecule has 1 aliphatic heterocycles. The van der Waals surface area contributed by atoms with E-state index in [1.165, 1.54) is 6.08 Å². The van der Waals surface area contributed by atoms with Crippen molar-refractivity contribution in [3.63, 3.8) is 0 Å². The van der Waals surface area contributed by atoms with Gasteiger partial charge in [0.1, 0.15) is 6.61 Å². The van der Waals surface area contributed by atoms with E-state index in [9.17, 15) is 4.79 Å². The molecule has 0 aromatic carbocycles. The van der Waals surface area contributed by atoms with Gasteiger partial charge < -0.3 is 24.8 Å². The lowest BCUT2D eigenvalue weighted by Gasteiger charge is -2.26. The van der Waals surface area contributed by atoms with E-state index >= 15 is 0 Å². The molecule has 1 atom stereocenters. The third kappa shape index (κ3) is 4.38. The average molecular weight is 260 g/mol. The first-order valence-electron chi connectivity index (χ1n) is 5.95. The Bertz CT molecular complexity index is 270. The molecule has 0 bridgehead atoms. The van der Waals surface area contributed by atoms with Crippen LogP contribution in [0, 0.1) is 5.41 Å². The van der Waals surface area contributed by atoms with E-state index in [4.69, 9.17) is 24.8 Å². The summed E-state index contributed by atoms with van der Waals surface area (Å²) >= 11 is 0. The highest BCUT2D eigenvalue weighted by atomic mass is 16.5. The molecular weight excluding hydrogens is 240 g/mol. The molecule has 0 aromatic rings. The minimum Gasteiger partial charge on any atom is -0.462 e. The SMILES string of the molecule is O=C(C=CC1CCCO1)OCC(CO)(CO)CO. The zero-order valence-electron chi connectivity index (χ0n) is 10.2. The number of hydrogen-bond acceptors (Lipinski definition) is 6. The summed E-state index contributed by atoms with van der Waals surface area (Å²) in [5, 5.41) is 27.1. The van der Waals surface area contributed by atoms with Crippen molar-refractivity contribution in [2.45, 2.75) is 18.9 Å². The molecular formula is C12H20O6. The van der Waals surface area contributed by atoms with Gasteiger partial charge in [0.25, 0.3) is 0 Å². The first-order valence-corrected chi connectivity index (χ1v) is 5.95. The van der Waals surface area contributed by atoms with Crippen molar-refractivity contribution in [3.8, 4) is 0 Å². The molecule has 18 heavy (non-hydrogen) atoms. The van der Waals surface area contributed by atoms with Crippen LogP contribution in [0.3, 0.4) is 0 Å². The van der Waals surface area contributed by atoms with Crippen LogP contribution in [0.15, 0.2) is 12.2 Å². The highest BCUT2D eigenvalue weighted by molar-refractivity contribution is 5.82. The molecule has 104 valence electrons. The lowest BCUT2D eigenvalue weighted by atomic mass is 9.93. The van der Waals surface area contributed by atoms with Crippen molar-refractivity contribution >= 4 is 5.97 Å². The molecule has 1 fully saturated rings. The minimum absolute atomic E-state index is 0.0455. The average Bonchev–Trinajstić information content (AvgIpc) is 2.92. The molecule has 0 saturated carbocycles. The smallest absolute Gasteiger partial charge is 0.330 e. The van der Waals surface area contributed by atoms with Gasteiger partial charge in [0.15, 0.2) is 0 Å². The van der Waals surface area contributed by atoms with Gasteiger partial charge in [0.05, 0.1) is 31.3 Å². The zero-order valence-corrected chi connectivity index (χ0v) is 10.2. The summed E-state index contributed by atoms with van der Waals surface area (Å²) in [7, 11) is 0. The Labute approximate surface area is 106 Å². The van der Waals surface area contributed by atoms with Crippen molar-refractivity contribution in [3.05, 3.63) is 12.2 Å². The predicted octanol–water partition coefficient (Wildman–Crippen LogP) is -0.772. The molecule has 6 nitrogen and oxygen atoms in total. The quantitative estimate of drug-likeness (QED) is 0.411. The monoisotopic (exact) mass is 260 g/mol. The van der Waals surface area contributed by atoms with E-state index in [0.717, 1.165) is 12.8 Å². The summed E-state index contributed by atoms with van der Waals surface area (Å²) in [6.07, 6.45) is 4.72. The van der Waals surface area contributed by atoms with Crippen LogP contribution in [0.5, 0.6) is 0 Å². The Morgan fingerprint density at radius 1 is 1.33 bits per heavy atom. The van der Waals surface area contributed by atoms with Gasteiger partial charge in [-0.3, -0.25) is 0 Å². The Morgan fingerprint density at radius 2 is 2.00 bits per heavy atom. The molecule has 1 rings (SSSR count). The Kier molecular flexibility index (Phi) is 6.28. The van der Waals surface area contributed by atoms with E-state index in [1.54, 1.807) is 6.08 Å². The molecule has 6 heteroatoms. The zero-order chi connectivity index (χ0) is 13.4. The van der Waals surface area contributed by atoms with Crippen LogP contribution < -0.4 is 0 Å². The van der Waals surface area contributed by atoms with Crippen LogP contribution in [0.4, 0.5) is 0 Å². The summed E-state index contributed by atoms with van der Waals surface area (Å²) in [5.41, 5.74) is -1.19. The fraction of sp³-hybridized carbons (Fsp3) is 0.750. The number of carbonyl (C=O) groups is 1. The second kappa shape index (κ2) is 7.48. The van der Waals surface area contributed by atoms with Crippen LogP contribution in [0.1, 0.15) is 12.8 Å². The summed E-state index contributed by atoms with van der Waals surface area (Å²) < 4.78 is 10.2. The maximum atomic E-state index is 11.4. The van der Waals surface area contributed by atoms with Crippen LogP contribution in [0.2, 0.25) is 0 Å². The molecule has 1 aliphatic rings. The standard InChI is InChI=1S/C12H20O6/c13-6-12(7-14,8-15)9-18-11(16)4-3-10-2-1-5-17-10/h3-4,10,13-15H,1-2,5-9H2. The number of esters is 1. The van der Waals surface area contributed by atoms with Crippen LogP contribution in [0.25, 0.3) is 0 Å². The first kappa shape index (κ1) is 15.1. The topological polar surface area (TPSA) is 96.2 Å². The van der Waals surface area contributed by atoms with Gasteiger partial charge in [-0.25, -0.2) is 4.79 Å². The number of aliphatic hydroxyl groups excluding tert-OH is 3. The molecule has 3 N–H and O–H groups in total. The number of ether oxygens (including phenoxy) is 2. The third-order valence-electron chi connectivity index (χ3n) is 2.94. The fourth-order valence-corrected chi connectivity index (χ4v) is 1.50. The molecule has 0 amide bonds. The Hall–Kier alpha value is -0.950. The van der Waals surface area contributed by atoms with E-state index in [1.807, 2.05) is 0 Å². The second-order valence-corrected chi connectivity index (χ2v) is 4.49. The summed E-state index contributed by atoms with van der Waals surface area (Å²) in [4.78, 5) is 11.4. The van der Waals surface area contributed by atoms with Gasteiger partial charge >= 0.3 is 5.97 Å². The maximum Gasteiger partial charge on any atom is 0.330 e. The highest BCUT2D eigenvalue weighted by Crippen LogP contribution is 2.16. The van der Waals surface area contributed by atoms with E-state index in [2.05, 4.69) is 0 Å². The maximum absolute atomic E-state index is 11.4. The van der Waals surface area contributed by atoms with Crippen molar-refractivity contribution in [1.82, 2.24) is 0 Å². The van der Waals surface area contributed by atoms with Crippen molar-refractivity contribution in [2.75, 3.05) is 33.0 Å². The molecule has 0 radical (unpaired) electrons. The second-order valence-electron chi connectivity index (χ2n) is 4.49. The first-order chi connectivity index (χ1) is 8.65. The van der Waals surface area contributed by atoms with Gasteiger partial charge in [-0.2, -0.15) is 0 Å². The van der Waals surface area contributed by atoms with Gasteiger partial charge in [-0.15, -0.1) is 0 Å². The van der Waals surface area contributed by atoms with Crippen LogP contribution >= 0.6 is 0 Å². The van der Waals surface area contributed by atoms with E-state index < -0.39 is 31.2 Å². The van der Waals surface area contributed by atoms with Crippen molar-refractivity contribution in [1.29, 1.82) is 0 Å². The highest BCUT2D eigenvalue weighted by Gasteiger charge is 2.29. The number of hydrogen-bond donors (Lipinski definition) is 3. The lowest BCUT2D eigenvalue weighted by Crippen LogP contribution is -2.39. The summed E-state index contributed by atoms with van der Waals surface area (Å²) in [5.74, 6) is -0.578.